The van der Waals surface area contributed by atoms with E-state index in [-0.39, 0.29) is 12.1 Å². The van der Waals surface area contributed by atoms with E-state index in [4.69, 9.17) is 4.74 Å². The van der Waals surface area contributed by atoms with Gasteiger partial charge in [0.1, 0.15) is 5.75 Å². The number of rotatable bonds is 5. The van der Waals surface area contributed by atoms with Gasteiger partial charge in [0.15, 0.2) is 6.35 Å². The Hall–Kier alpha value is -3.23. The van der Waals surface area contributed by atoms with Gasteiger partial charge in [0.2, 0.25) is 0 Å². The first-order chi connectivity index (χ1) is 14.6. The Kier molecular flexibility index (Phi) is 6.06. The van der Waals surface area contributed by atoms with Crippen LogP contribution in [-0.4, -0.2) is 61.7 Å². The lowest BCUT2D eigenvalue weighted by Gasteiger charge is -2.38. The molecule has 1 amide bonds. The molecule has 1 unspecified atom stereocenters. The van der Waals surface area contributed by atoms with Gasteiger partial charge in [-0.1, -0.05) is 18.2 Å². The summed E-state index contributed by atoms with van der Waals surface area (Å²) in [6, 6.07) is 13.0. The first kappa shape index (κ1) is 20.1. The summed E-state index contributed by atoms with van der Waals surface area (Å²) in [5, 5.41) is 10.8. The first-order valence-corrected chi connectivity index (χ1v) is 9.97. The maximum atomic E-state index is 12.4. The van der Waals surface area contributed by atoms with Gasteiger partial charge in [-0.05, 0) is 44.2 Å². The Morgan fingerprint density at radius 3 is 2.57 bits per heavy atom. The highest BCUT2D eigenvalue weighted by molar-refractivity contribution is 5.70. The maximum absolute atomic E-state index is 12.4. The third kappa shape index (κ3) is 4.50. The number of hydrogen-bond donors (Lipinski definition) is 1. The van der Waals surface area contributed by atoms with E-state index in [0.29, 0.717) is 18.8 Å². The Morgan fingerprint density at radius 1 is 1.17 bits per heavy atom. The second kappa shape index (κ2) is 9.06. The molecule has 3 heterocycles. The summed E-state index contributed by atoms with van der Waals surface area (Å²) in [4.78, 5) is 24.4. The summed E-state index contributed by atoms with van der Waals surface area (Å²) in [6.45, 7) is 1.17. The molecule has 0 aliphatic carbocycles. The van der Waals surface area contributed by atoms with Crippen molar-refractivity contribution in [2.45, 2.75) is 25.2 Å². The molecule has 156 valence electrons. The van der Waals surface area contributed by atoms with Crippen molar-refractivity contribution in [3.63, 3.8) is 0 Å². The van der Waals surface area contributed by atoms with Gasteiger partial charge in [0.25, 0.3) is 0 Å². The molecule has 0 bridgehead atoms. The Labute approximate surface area is 175 Å². The predicted octanol–water partition coefficient (Wildman–Crippen LogP) is 2.99. The molecule has 8 heteroatoms. The molecule has 30 heavy (non-hydrogen) atoms. The van der Waals surface area contributed by atoms with Gasteiger partial charge in [-0.25, -0.2) is 9.78 Å². The topological polar surface area (TPSA) is 83.7 Å². The number of benzene rings is 1. The maximum Gasteiger partial charge on any atom is 0.415 e. The second-order valence-electron chi connectivity index (χ2n) is 7.35. The average Bonchev–Trinajstić information content (AvgIpc) is 3.30. The second-order valence-corrected chi connectivity index (χ2v) is 7.35. The highest BCUT2D eigenvalue weighted by atomic mass is 16.6. The van der Waals surface area contributed by atoms with E-state index in [0.717, 1.165) is 24.1 Å². The van der Waals surface area contributed by atoms with Crippen LogP contribution in [0.2, 0.25) is 0 Å². The molecule has 0 saturated carbocycles. The van der Waals surface area contributed by atoms with Crippen LogP contribution in [0.5, 0.6) is 5.75 Å². The molecule has 1 N–H and O–H groups in total. The number of aromatic nitrogens is 3. The van der Waals surface area contributed by atoms with Gasteiger partial charge >= 0.3 is 6.09 Å². The van der Waals surface area contributed by atoms with Crippen LogP contribution in [0.15, 0.2) is 67.4 Å². The van der Waals surface area contributed by atoms with E-state index < -0.39 is 6.35 Å². The number of imidazole rings is 1. The number of para-hydroxylation sites is 1. The normalized spacial score (nSPS) is 15.9. The molecular weight excluding hydrogens is 382 g/mol. The number of aliphatic hydroxyl groups is 1. The van der Waals surface area contributed by atoms with E-state index in [9.17, 15) is 9.90 Å². The van der Waals surface area contributed by atoms with E-state index >= 15 is 0 Å². The number of amides is 1. The largest absolute Gasteiger partial charge is 0.415 e. The summed E-state index contributed by atoms with van der Waals surface area (Å²) in [6.07, 6.45) is 7.22. The third-order valence-electron chi connectivity index (χ3n) is 5.46. The lowest BCUT2D eigenvalue weighted by molar-refractivity contribution is -0.0727. The minimum Gasteiger partial charge on any atom is -0.410 e. The van der Waals surface area contributed by atoms with Crippen molar-refractivity contribution in [3.8, 4) is 17.0 Å². The van der Waals surface area contributed by atoms with Crippen molar-refractivity contribution in [2.24, 2.45) is 0 Å². The average molecular weight is 407 g/mol. The molecule has 1 saturated heterocycles. The summed E-state index contributed by atoms with van der Waals surface area (Å²) < 4.78 is 7.10. The van der Waals surface area contributed by atoms with Gasteiger partial charge in [0.05, 0.1) is 12.0 Å². The summed E-state index contributed by atoms with van der Waals surface area (Å²) in [5.74, 6) is 0.544. The minimum absolute atomic E-state index is 0.146. The quantitative estimate of drug-likeness (QED) is 0.655. The lowest BCUT2D eigenvalue weighted by Crippen LogP contribution is -2.48. The number of nitrogens with zero attached hydrogens (tertiary/aromatic N) is 5. The monoisotopic (exact) mass is 407 g/mol. The summed E-state index contributed by atoms with van der Waals surface area (Å²) in [7, 11) is 1.89. The molecule has 1 atom stereocenters. The van der Waals surface area contributed by atoms with Gasteiger partial charge in [-0.2, -0.15) is 0 Å². The first-order valence-electron chi connectivity index (χ1n) is 9.97. The van der Waals surface area contributed by atoms with Crippen LogP contribution in [0.1, 0.15) is 19.2 Å². The van der Waals surface area contributed by atoms with Crippen molar-refractivity contribution < 1.29 is 14.6 Å². The highest BCUT2D eigenvalue weighted by Gasteiger charge is 2.29. The standard InChI is InChI=1S/C22H25N5O3/c1-25(21(28)27-15-20(24-16-27)17-7-11-23-12-8-17)18-9-13-26(14-10-18)22(29)30-19-5-3-2-4-6-19/h2-8,11-12,15-16,18,21,28H,9-10,13-14H2,1H3. The van der Waals surface area contributed by atoms with E-state index in [1.807, 2.05) is 48.5 Å². The van der Waals surface area contributed by atoms with Crippen LogP contribution in [0.3, 0.4) is 0 Å². The van der Waals surface area contributed by atoms with E-state index in [2.05, 4.69) is 9.97 Å². The Balaban J connectivity index is 1.32. The molecule has 0 radical (unpaired) electrons. The van der Waals surface area contributed by atoms with Crippen LogP contribution >= 0.6 is 0 Å². The highest BCUT2D eigenvalue weighted by Crippen LogP contribution is 2.23. The van der Waals surface area contributed by atoms with Crippen molar-refractivity contribution in [2.75, 3.05) is 20.1 Å². The number of ether oxygens (including phenoxy) is 1. The minimum atomic E-state index is -0.832. The fourth-order valence-electron chi connectivity index (χ4n) is 3.64. The SMILES string of the molecule is CN(C1CCN(C(=O)Oc2ccccc2)CC1)C(O)n1cnc(-c2ccncc2)c1. The molecule has 1 aliphatic heterocycles. The molecule has 4 rings (SSSR count). The molecule has 1 aromatic carbocycles. The van der Waals surface area contributed by atoms with Gasteiger partial charge in [-0.3, -0.25) is 14.5 Å². The van der Waals surface area contributed by atoms with Crippen LogP contribution in [0.4, 0.5) is 4.79 Å². The zero-order valence-corrected chi connectivity index (χ0v) is 16.8. The van der Waals surface area contributed by atoms with Gasteiger partial charge < -0.3 is 14.7 Å². The van der Waals surface area contributed by atoms with Gasteiger partial charge in [-0.15, -0.1) is 0 Å². The number of carbonyl (C=O) groups excluding carboxylic acids is 1. The summed E-state index contributed by atoms with van der Waals surface area (Å²) in [5.41, 5.74) is 1.73. The third-order valence-corrected chi connectivity index (χ3v) is 5.46. The van der Waals surface area contributed by atoms with Crippen LogP contribution in [0.25, 0.3) is 11.3 Å². The molecular formula is C22H25N5O3. The summed E-state index contributed by atoms with van der Waals surface area (Å²) >= 11 is 0. The van der Waals surface area contributed by atoms with Crippen LogP contribution in [0, 0.1) is 0 Å². The van der Waals surface area contributed by atoms with Crippen LogP contribution < -0.4 is 4.74 Å². The number of piperidine rings is 1. The van der Waals surface area contributed by atoms with Gasteiger partial charge in [0, 0.05) is 43.3 Å². The molecule has 3 aromatic rings. The number of carbonyl (C=O) groups is 1. The predicted molar refractivity (Wildman–Crippen MR) is 112 cm³/mol. The Morgan fingerprint density at radius 2 is 1.87 bits per heavy atom. The van der Waals surface area contributed by atoms with Crippen molar-refractivity contribution in [1.29, 1.82) is 0 Å². The smallest absolute Gasteiger partial charge is 0.410 e. The molecule has 0 spiro atoms. The zero-order valence-electron chi connectivity index (χ0n) is 16.8. The zero-order chi connectivity index (χ0) is 20.9. The van der Waals surface area contributed by atoms with Crippen molar-refractivity contribution in [3.05, 3.63) is 67.4 Å². The fourth-order valence-corrected chi connectivity index (χ4v) is 3.64. The Bertz CT molecular complexity index is 955. The van der Waals surface area contributed by atoms with Crippen molar-refractivity contribution in [1.82, 2.24) is 24.3 Å². The van der Waals surface area contributed by atoms with E-state index in [1.165, 1.54) is 0 Å². The fraction of sp³-hybridized carbons (Fsp3) is 0.318. The van der Waals surface area contributed by atoms with Crippen molar-refractivity contribution >= 4 is 6.09 Å². The molecule has 8 nitrogen and oxygen atoms in total. The van der Waals surface area contributed by atoms with Crippen LogP contribution in [-0.2, 0) is 0 Å². The number of hydrogen-bond acceptors (Lipinski definition) is 6. The number of aliphatic hydroxyl groups excluding tert-OH is 1. The molecule has 2 aromatic heterocycles. The number of likely N-dealkylation sites (tertiary alicyclic amines) is 1. The lowest BCUT2D eigenvalue weighted by atomic mass is 10.0. The van der Waals surface area contributed by atoms with E-state index in [1.54, 1.807) is 40.3 Å². The molecule has 1 aliphatic rings. The number of pyridine rings is 1. The molecule has 1 fully saturated rings.